The average molecular weight is 257 g/mol. The Kier molecular flexibility index (Phi) is 3.62. The Morgan fingerprint density at radius 2 is 1.59 bits per heavy atom. The summed E-state index contributed by atoms with van der Waals surface area (Å²) in [6.07, 6.45) is 0. The van der Waals surface area contributed by atoms with Crippen molar-refractivity contribution >= 4 is 16.5 Å². The lowest BCUT2D eigenvalue weighted by Crippen LogP contribution is -2.46. The highest BCUT2D eigenvalue weighted by Gasteiger charge is 2.34. The Balaban J connectivity index is 3.30. The second-order valence-corrected chi connectivity index (χ2v) is 7.59. The largest absolute Gasteiger partial charge is 0.368 e. The molecule has 0 aliphatic rings. The number of anilines is 1. The Bertz CT molecular complexity index is 518. The van der Waals surface area contributed by atoms with E-state index in [2.05, 4.69) is 0 Å². The van der Waals surface area contributed by atoms with Gasteiger partial charge in [0.15, 0.2) is 0 Å². The molecule has 0 aromatic heterocycles. The van der Waals surface area contributed by atoms with Crippen LogP contribution in [0.15, 0.2) is 14.5 Å². The van der Waals surface area contributed by atoms with Crippen LogP contribution in [-0.4, -0.2) is 22.0 Å². The van der Waals surface area contributed by atoms with Gasteiger partial charge in [0, 0.05) is 17.8 Å². The van der Waals surface area contributed by atoms with Crippen LogP contribution < -0.4 is 15.8 Å². The zero-order valence-corrected chi connectivity index (χ0v) is 12.0. The van der Waals surface area contributed by atoms with E-state index in [9.17, 15) is 13.8 Å². The van der Waals surface area contributed by atoms with Crippen molar-refractivity contribution in [2.24, 2.45) is 0 Å². The summed E-state index contributed by atoms with van der Waals surface area (Å²) < 4.78 is 11.7. The van der Waals surface area contributed by atoms with Gasteiger partial charge < -0.3 is 4.90 Å². The molecule has 4 nitrogen and oxygen atoms in total. The Morgan fingerprint density at radius 3 is 1.94 bits per heavy atom. The Morgan fingerprint density at radius 1 is 1.12 bits per heavy atom. The zero-order chi connectivity index (χ0) is 13.5. The van der Waals surface area contributed by atoms with Crippen molar-refractivity contribution in [3.8, 4) is 0 Å². The van der Waals surface area contributed by atoms with E-state index in [1.807, 2.05) is 13.8 Å². The van der Waals surface area contributed by atoms with E-state index in [1.165, 1.54) is 0 Å². The molecule has 0 N–H and O–H groups in total. The molecule has 17 heavy (non-hydrogen) atoms. The van der Waals surface area contributed by atoms with Gasteiger partial charge in [-0.2, -0.15) is 0 Å². The SMILES string of the molecule is CC(C)N(C)c1c(S(=O)C(C)(C)C)c(=O)c1=O. The maximum absolute atomic E-state index is 12.2. The lowest BCUT2D eigenvalue weighted by atomic mass is 10.2. The van der Waals surface area contributed by atoms with Crippen LogP contribution in [-0.2, 0) is 10.8 Å². The molecule has 0 heterocycles. The van der Waals surface area contributed by atoms with E-state index in [4.69, 9.17) is 0 Å². The second kappa shape index (κ2) is 4.37. The van der Waals surface area contributed by atoms with Gasteiger partial charge >= 0.3 is 0 Å². The molecule has 1 aromatic carbocycles. The van der Waals surface area contributed by atoms with Gasteiger partial charge in [0.2, 0.25) is 5.43 Å². The fourth-order valence-corrected chi connectivity index (χ4v) is 2.70. The molecule has 0 spiro atoms. The lowest BCUT2D eigenvalue weighted by molar-refractivity contribution is 0.644. The molecular weight excluding hydrogens is 238 g/mol. The van der Waals surface area contributed by atoms with Crippen LogP contribution in [0.1, 0.15) is 34.6 Å². The molecule has 0 saturated carbocycles. The van der Waals surface area contributed by atoms with E-state index in [0.29, 0.717) is 5.69 Å². The zero-order valence-electron chi connectivity index (χ0n) is 11.2. The minimum absolute atomic E-state index is 0.0917. The Hall–Kier alpha value is -0.970. The number of nitrogens with zero attached hydrogens (tertiary/aromatic N) is 1. The molecule has 0 amide bonds. The highest BCUT2D eigenvalue weighted by atomic mass is 32.2. The molecule has 0 bridgehead atoms. The Labute approximate surface area is 104 Å². The molecule has 1 rings (SSSR count). The topological polar surface area (TPSA) is 54.5 Å². The molecule has 0 aliphatic carbocycles. The van der Waals surface area contributed by atoms with E-state index in [-0.39, 0.29) is 10.9 Å². The fraction of sp³-hybridized carbons (Fsp3) is 0.667. The van der Waals surface area contributed by atoms with E-state index >= 15 is 0 Å². The van der Waals surface area contributed by atoms with Crippen LogP contribution in [0.25, 0.3) is 0 Å². The number of rotatable bonds is 3. The molecule has 0 radical (unpaired) electrons. The van der Waals surface area contributed by atoms with Gasteiger partial charge in [-0.15, -0.1) is 0 Å². The molecule has 0 saturated heterocycles. The summed E-state index contributed by atoms with van der Waals surface area (Å²) in [6.45, 7) is 9.21. The van der Waals surface area contributed by atoms with Crippen LogP contribution in [0.2, 0.25) is 0 Å². The summed E-state index contributed by atoms with van der Waals surface area (Å²) in [7, 11) is 0.295. The molecule has 5 heteroatoms. The summed E-state index contributed by atoms with van der Waals surface area (Å²) in [5, 5.41) is 0. The molecule has 1 atom stereocenters. The van der Waals surface area contributed by atoms with Crippen molar-refractivity contribution in [1.82, 2.24) is 0 Å². The molecule has 1 unspecified atom stereocenters. The van der Waals surface area contributed by atoms with E-state index < -0.39 is 26.4 Å². The van der Waals surface area contributed by atoms with Crippen LogP contribution in [0, 0.1) is 0 Å². The lowest BCUT2D eigenvalue weighted by Gasteiger charge is -2.28. The maximum Gasteiger partial charge on any atom is 0.251 e. The smallest absolute Gasteiger partial charge is 0.251 e. The summed E-state index contributed by atoms with van der Waals surface area (Å²) in [4.78, 5) is 25.0. The normalized spacial score (nSPS) is 14.3. The fourth-order valence-electron chi connectivity index (χ4n) is 1.42. The van der Waals surface area contributed by atoms with Crippen LogP contribution in [0.3, 0.4) is 0 Å². The van der Waals surface area contributed by atoms with Gasteiger partial charge in [0.05, 0.1) is 10.8 Å². The second-order valence-electron chi connectivity index (χ2n) is 5.42. The van der Waals surface area contributed by atoms with Gasteiger partial charge in [-0.3, -0.25) is 13.8 Å². The third kappa shape index (κ3) is 2.34. The minimum atomic E-state index is -1.45. The van der Waals surface area contributed by atoms with Crippen molar-refractivity contribution in [1.29, 1.82) is 0 Å². The molecule has 1 aromatic rings. The van der Waals surface area contributed by atoms with Crippen LogP contribution >= 0.6 is 0 Å². The first kappa shape index (κ1) is 14.1. The predicted molar refractivity (Wildman–Crippen MR) is 71.1 cm³/mol. The average Bonchev–Trinajstić information content (AvgIpc) is 2.21. The first-order chi connectivity index (χ1) is 7.59. The predicted octanol–water partition coefficient (Wildman–Crippen LogP) is 1.03. The van der Waals surface area contributed by atoms with Crippen molar-refractivity contribution in [3.05, 3.63) is 20.4 Å². The minimum Gasteiger partial charge on any atom is -0.368 e. The van der Waals surface area contributed by atoms with Gasteiger partial charge in [0.25, 0.3) is 5.43 Å². The van der Waals surface area contributed by atoms with Gasteiger partial charge in [-0.25, -0.2) is 0 Å². The standard InChI is InChI=1S/C12H19NO3S/c1-7(2)13(6)8-9(14)10(15)11(8)17(16)12(3,4)5/h7H,1-6H3. The molecule has 96 valence electrons. The molecule has 0 fully saturated rings. The van der Waals surface area contributed by atoms with Crippen molar-refractivity contribution in [3.63, 3.8) is 0 Å². The molecule has 0 aliphatic heterocycles. The third-order valence-electron chi connectivity index (χ3n) is 2.71. The van der Waals surface area contributed by atoms with E-state index in [1.54, 1.807) is 32.7 Å². The monoisotopic (exact) mass is 257 g/mol. The summed E-state index contributed by atoms with van der Waals surface area (Å²) >= 11 is 0. The van der Waals surface area contributed by atoms with Gasteiger partial charge in [-0.05, 0) is 34.6 Å². The van der Waals surface area contributed by atoms with Crippen molar-refractivity contribution in [2.75, 3.05) is 11.9 Å². The van der Waals surface area contributed by atoms with Gasteiger partial charge in [0.1, 0.15) is 10.6 Å². The number of hydrogen-bond acceptors (Lipinski definition) is 4. The molecular formula is C12H19NO3S. The summed E-state index contributed by atoms with van der Waals surface area (Å²) in [6, 6.07) is 0.0917. The van der Waals surface area contributed by atoms with Crippen LogP contribution in [0.4, 0.5) is 5.69 Å². The van der Waals surface area contributed by atoms with Crippen molar-refractivity contribution in [2.45, 2.75) is 50.3 Å². The van der Waals surface area contributed by atoms with Gasteiger partial charge in [-0.1, -0.05) is 0 Å². The third-order valence-corrected chi connectivity index (χ3v) is 4.57. The maximum atomic E-state index is 12.2. The van der Waals surface area contributed by atoms with Crippen LogP contribution in [0.5, 0.6) is 0 Å². The van der Waals surface area contributed by atoms with E-state index in [0.717, 1.165) is 0 Å². The van der Waals surface area contributed by atoms with Crippen molar-refractivity contribution < 1.29 is 4.21 Å². The summed E-state index contributed by atoms with van der Waals surface area (Å²) in [5.41, 5.74) is -0.798. The highest BCUT2D eigenvalue weighted by molar-refractivity contribution is 7.86. The first-order valence-corrected chi connectivity index (χ1v) is 6.72. The summed E-state index contributed by atoms with van der Waals surface area (Å²) in [5.74, 6) is 0. The highest BCUT2D eigenvalue weighted by Crippen LogP contribution is 2.26. The quantitative estimate of drug-likeness (QED) is 0.759. The first-order valence-electron chi connectivity index (χ1n) is 5.57. The number of hydrogen-bond donors (Lipinski definition) is 0.